The van der Waals surface area contributed by atoms with Gasteiger partial charge in [-0.15, -0.1) is 0 Å². The van der Waals surface area contributed by atoms with Crippen molar-refractivity contribution in [2.24, 2.45) is 0 Å². The summed E-state index contributed by atoms with van der Waals surface area (Å²) in [4.78, 5) is 28.8. The van der Waals surface area contributed by atoms with Crippen molar-refractivity contribution >= 4 is 29.0 Å². The number of amides is 1. The molecule has 4 aliphatic rings. The first-order valence-electron chi connectivity index (χ1n) is 17.2. The molecule has 3 aromatic rings. The number of fused-ring (bicyclic) bond motifs is 3. The summed E-state index contributed by atoms with van der Waals surface area (Å²) in [7, 11) is 3.40. The molecule has 1 unspecified atom stereocenters. The second kappa shape index (κ2) is 14.8. The highest BCUT2D eigenvalue weighted by molar-refractivity contribution is 6.31. The highest BCUT2D eigenvalue weighted by atomic mass is 35.5. The third kappa shape index (κ3) is 7.55. The van der Waals surface area contributed by atoms with Crippen LogP contribution in [-0.4, -0.2) is 81.3 Å². The number of carbonyl (C=O) groups is 1. The van der Waals surface area contributed by atoms with Crippen LogP contribution in [0.1, 0.15) is 82.3 Å². The fourth-order valence-electron chi connectivity index (χ4n) is 7.86. The van der Waals surface area contributed by atoms with E-state index >= 15 is 0 Å². The standard InChI is InChI=1S/C33H40ClF3N8O3.C2H2F2/c1-19-25-16-43(9-6-12-45(25)41-28(19)30(46)42(2)3)29-22-17-47-26(21-13-20(38)14-23(34)27(21)33(35,36)37)15-24(22)39-31(40-29)48-18-32-7-4-10-44(32)11-5-8-32;1-2(3)4/h13-14,26H,4-12,15-18,38H2,1-3H3;1H2. The Balaban J connectivity index is 0.00000110. The van der Waals surface area contributed by atoms with Gasteiger partial charge in [-0.1, -0.05) is 11.6 Å². The Hall–Kier alpha value is -4.02. The lowest BCUT2D eigenvalue weighted by molar-refractivity contribution is -0.139. The second-order valence-corrected chi connectivity index (χ2v) is 14.3. The Morgan fingerprint density at radius 2 is 1.83 bits per heavy atom. The normalized spacial score (nSPS) is 19.6. The molecular formula is C35H42ClF5N8O3. The van der Waals surface area contributed by atoms with Gasteiger partial charge in [0.15, 0.2) is 5.69 Å². The van der Waals surface area contributed by atoms with E-state index in [1.807, 2.05) is 11.6 Å². The maximum Gasteiger partial charge on any atom is 0.418 e. The third-order valence-corrected chi connectivity index (χ3v) is 10.6. The van der Waals surface area contributed by atoms with Crippen LogP contribution in [0.3, 0.4) is 0 Å². The van der Waals surface area contributed by atoms with Crippen LogP contribution >= 0.6 is 11.6 Å². The van der Waals surface area contributed by atoms with Crippen molar-refractivity contribution in [3.63, 3.8) is 0 Å². The van der Waals surface area contributed by atoms with Gasteiger partial charge in [0.05, 0.1) is 46.8 Å². The molecule has 0 saturated carbocycles. The SMILES string of the molecule is C=C(F)F.Cc1c(C(=O)N(C)C)nn2c1CN(c1nc(OCC34CCCN3CCC4)nc3c1COC(c1cc(N)cc(Cl)c1C(F)(F)F)C3)CCC2. The summed E-state index contributed by atoms with van der Waals surface area (Å²) in [6.07, 6.45) is -2.44. The number of aryl methyl sites for hydroxylation is 1. The largest absolute Gasteiger partial charge is 0.461 e. The quantitative estimate of drug-likeness (QED) is 0.221. The number of nitrogens with two attached hydrogens (primary N) is 1. The van der Waals surface area contributed by atoms with E-state index in [9.17, 15) is 26.7 Å². The summed E-state index contributed by atoms with van der Waals surface area (Å²) in [6, 6.07) is 2.58. The van der Waals surface area contributed by atoms with Crippen LogP contribution in [0.25, 0.3) is 0 Å². The number of aromatic nitrogens is 4. The summed E-state index contributed by atoms with van der Waals surface area (Å²) < 4.78 is 77.5. The topological polar surface area (TPSA) is 115 Å². The molecule has 17 heteroatoms. The number of carbonyl (C=O) groups excluding carboxylic acids is 1. The third-order valence-electron chi connectivity index (χ3n) is 10.3. The summed E-state index contributed by atoms with van der Waals surface area (Å²) in [5, 5.41) is 4.18. The molecule has 52 heavy (non-hydrogen) atoms. The van der Waals surface area contributed by atoms with Crippen LogP contribution in [0.15, 0.2) is 24.8 Å². The van der Waals surface area contributed by atoms with Gasteiger partial charge in [0.2, 0.25) is 0 Å². The van der Waals surface area contributed by atoms with Gasteiger partial charge in [0.25, 0.3) is 12.0 Å². The molecule has 6 heterocycles. The monoisotopic (exact) mass is 752 g/mol. The van der Waals surface area contributed by atoms with Crippen molar-refractivity contribution in [1.82, 2.24) is 29.5 Å². The number of alkyl halides is 3. The number of nitrogens with zero attached hydrogens (tertiary/aromatic N) is 7. The number of nitrogen functional groups attached to an aromatic ring is 1. The van der Waals surface area contributed by atoms with Gasteiger partial charge >= 0.3 is 12.2 Å². The second-order valence-electron chi connectivity index (χ2n) is 13.9. The predicted molar refractivity (Wildman–Crippen MR) is 184 cm³/mol. The number of hydrogen-bond acceptors (Lipinski definition) is 9. The van der Waals surface area contributed by atoms with E-state index in [0.29, 0.717) is 49.0 Å². The average molecular weight is 753 g/mol. The predicted octanol–water partition coefficient (Wildman–Crippen LogP) is 6.57. The van der Waals surface area contributed by atoms with Crippen molar-refractivity contribution in [3.8, 4) is 6.01 Å². The molecular weight excluding hydrogens is 711 g/mol. The minimum absolute atomic E-state index is 0.0177. The Kier molecular flexibility index (Phi) is 10.7. The van der Waals surface area contributed by atoms with Gasteiger partial charge in [-0.2, -0.15) is 37.0 Å². The lowest BCUT2D eigenvalue weighted by atomic mass is 9.94. The summed E-state index contributed by atoms with van der Waals surface area (Å²) >= 11 is 6.10. The van der Waals surface area contributed by atoms with Gasteiger partial charge in [0.1, 0.15) is 12.4 Å². The molecule has 2 fully saturated rings. The van der Waals surface area contributed by atoms with Gasteiger partial charge in [-0.3, -0.25) is 14.4 Å². The summed E-state index contributed by atoms with van der Waals surface area (Å²) in [5.74, 6) is 0.443. The summed E-state index contributed by atoms with van der Waals surface area (Å²) in [5.41, 5.74) is 8.32. The van der Waals surface area contributed by atoms with Gasteiger partial charge < -0.3 is 25.0 Å². The molecule has 2 aromatic heterocycles. The Bertz CT molecular complexity index is 1840. The van der Waals surface area contributed by atoms with E-state index in [-0.39, 0.29) is 41.7 Å². The molecule has 0 aliphatic carbocycles. The van der Waals surface area contributed by atoms with E-state index in [1.54, 1.807) is 14.1 Å². The minimum Gasteiger partial charge on any atom is -0.461 e. The fraction of sp³-hybridized carbons (Fsp3) is 0.543. The summed E-state index contributed by atoms with van der Waals surface area (Å²) in [6.45, 7) is 8.31. The number of benzene rings is 1. The van der Waals surface area contributed by atoms with E-state index in [2.05, 4.69) is 21.5 Å². The first-order valence-corrected chi connectivity index (χ1v) is 17.5. The zero-order valence-corrected chi connectivity index (χ0v) is 30.1. The molecule has 0 bridgehead atoms. The molecule has 1 aromatic carbocycles. The molecule has 2 N–H and O–H groups in total. The molecule has 2 saturated heterocycles. The van der Waals surface area contributed by atoms with Crippen LogP contribution in [0.4, 0.5) is 33.5 Å². The molecule has 4 aliphatic heterocycles. The molecule has 282 valence electrons. The minimum atomic E-state index is -4.71. The van der Waals surface area contributed by atoms with Crippen LogP contribution in [-0.2, 0) is 37.0 Å². The van der Waals surface area contributed by atoms with Crippen molar-refractivity contribution in [2.45, 2.75) is 83.0 Å². The number of hydrogen-bond donors (Lipinski definition) is 1. The number of ether oxygens (including phenoxy) is 2. The molecule has 0 spiro atoms. The van der Waals surface area contributed by atoms with Crippen LogP contribution in [0.5, 0.6) is 6.01 Å². The zero-order valence-electron chi connectivity index (χ0n) is 29.3. The molecule has 7 rings (SSSR count). The first kappa shape index (κ1) is 37.7. The lowest BCUT2D eigenvalue weighted by Crippen LogP contribution is -2.43. The van der Waals surface area contributed by atoms with Crippen molar-refractivity contribution in [3.05, 3.63) is 69.2 Å². The van der Waals surface area contributed by atoms with Crippen LogP contribution < -0.4 is 15.4 Å². The van der Waals surface area contributed by atoms with Crippen molar-refractivity contribution in [2.75, 3.05) is 51.0 Å². The Morgan fingerprint density at radius 3 is 2.48 bits per heavy atom. The van der Waals surface area contributed by atoms with Gasteiger partial charge in [0, 0.05) is 50.4 Å². The number of halogens is 6. The maximum absolute atomic E-state index is 14.2. The van der Waals surface area contributed by atoms with E-state index < -0.39 is 28.9 Å². The van der Waals surface area contributed by atoms with Crippen molar-refractivity contribution in [1.29, 1.82) is 0 Å². The molecule has 1 amide bonds. The van der Waals surface area contributed by atoms with Crippen molar-refractivity contribution < 1.29 is 36.2 Å². The van der Waals surface area contributed by atoms with Gasteiger partial charge in [-0.25, -0.2) is 0 Å². The van der Waals surface area contributed by atoms with E-state index in [4.69, 9.17) is 36.8 Å². The van der Waals surface area contributed by atoms with E-state index in [1.165, 1.54) is 11.0 Å². The lowest BCUT2D eigenvalue weighted by Gasteiger charge is -2.33. The van der Waals surface area contributed by atoms with Gasteiger partial charge in [-0.05, 0) is 76.4 Å². The highest BCUT2D eigenvalue weighted by Crippen LogP contribution is 2.45. The molecule has 11 nitrogen and oxygen atoms in total. The average Bonchev–Trinajstić information content (AvgIpc) is 3.68. The zero-order chi connectivity index (χ0) is 37.5. The maximum atomic E-state index is 14.2. The van der Waals surface area contributed by atoms with Crippen LogP contribution in [0, 0.1) is 6.92 Å². The highest BCUT2D eigenvalue weighted by Gasteiger charge is 2.45. The Morgan fingerprint density at radius 1 is 1.13 bits per heavy atom. The first-order chi connectivity index (χ1) is 24.6. The Labute approximate surface area is 303 Å². The molecule has 0 radical (unpaired) electrons. The van der Waals surface area contributed by atoms with Crippen LogP contribution in [0.2, 0.25) is 5.02 Å². The fourth-order valence-corrected chi connectivity index (χ4v) is 8.20. The molecule has 1 atom stereocenters. The number of rotatable bonds is 6. The number of anilines is 2. The smallest absolute Gasteiger partial charge is 0.418 e. The van der Waals surface area contributed by atoms with E-state index in [0.717, 1.165) is 62.5 Å².